The van der Waals surface area contributed by atoms with Gasteiger partial charge in [0.05, 0.1) is 17.7 Å². The average Bonchev–Trinajstić information content (AvgIpc) is 2.64. The van der Waals surface area contributed by atoms with Gasteiger partial charge in [0.1, 0.15) is 0 Å². The lowest BCUT2D eigenvalue weighted by Gasteiger charge is -2.35. The van der Waals surface area contributed by atoms with Crippen molar-refractivity contribution in [2.75, 3.05) is 32.7 Å². The Balaban J connectivity index is 1.95. The Labute approximate surface area is 155 Å². The van der Waals surface area contributed by atoms with Crippen LogP contribution in [0.1, 0.15) is 15.9 Å². The third-order valence-electron chi connectivity index (χ3n) is 4.04. The molecule has 3 amide bonds. The Morgan fingerprint density at radius 2 is 1.43 bits per heavy atom. The Bertz CT molecular complexity index is 755. The normalized spacial score (nSPS) is 15.4. The SMILES string of the molecule is O=C(CNC(=O)C(F)(F)F)N1CCN(C(=O)c2ccccc2C(F)(F)F)CC1. The van der Waals surface area contributed by atoms with Gasteiger partial charge in [0, 0.05) is 26.2 Å². The molecule has 6 nitrogen and oxygen atoms in total. The Kier molecular flexibility index (Phi) is 6.20. The number of nitrogens with zero attached hydrogens (tertiary/aromatic N) is 2. The van der Waals surface area contributed by atoms with E-state index in [0.717, 1.165) is 28.0 Å². The molecular formula is C16H15F6N3O3. The molecule has 28 heavy (non-hydrogen) atoms. The second kappa shape index (κ2) is 8.07. The molecule has 2 rings (SSSR count). The molecule has 154 valence electrons. The predicted molar refractivity (Wildman–Crippen MR) is 83.0 cm³/mol. The minimum atomic E-state index is -5.11. The van der Waals surface area contributed by atoms with Crippen molar-refractivity contribution in [2.45, 2.75) is 12.4 Å². The van der Waals surface area contributed by atoms with Crippen molar-refractivity contribution < 1.29 is 40.7 Å². The summed E-state index contributed by atoms with van der Waals surface area (Å²) in [6.07, 6.45) is -9.82. The van der Waals surface area contributed by atoms with E-state index < -0.39 is 47.7 Å². The smallest absolute Gasteiger partial charge is 0.339 e. The average molecular weight is 411 g/mol. The minimum Gasteiger partial charge on any atom is -0.339 e. The summed E-state index contributed by atoms with van der Waals surface area (Å²) in [5.41, 5.74) is -1.60. The van der Waals surface area contributed by atoms with Gasteiger partial charge in [0.25, 0.3) is 5.91 Å². The van der Waals surface area contributed by atoms with Crippen molar-refractivity contribution in [3.05, 3.63) is 35.4 Å². The maximum absolute atomic E-state index is 13.0. The highest BCUT2D eigenvalue weighted by molar-refractivity contribution is 5.96. The number of alkyl halides is 6. The first kappa shape index (κ1) is 21.5. The number of rotatable bonds is 3. The van der Waals surface area contributed by atoms with Crippen LogP contribution in [0.2, 0.25) is 0 Å². The maximum atomic E-state index is 13.0. The van der Waals surface area contributed by atoms with E-state index in [1.807, 2.05) is 0 Å². The fourth-order valence-electron chi connectivity index (χ4n) is 2.61. The van der Waals surface area contributed by atoms with Gasteiger partial charge in [-0.25, -0.2) is 0 Å². The fraction of sp³-hybridized carbons (Fsp3) is 0.438. The van der Waals surface area contributed by atoms with Crippen LogP contribution < -0.4 is 5.32 Å². The molecule has 0 aromatic heterocycles. The highest BCUT2D eigenvalue weighted by atomic mass is 19.4. The lowest BCUT2D eigenvalue weighted by molar-refractivity contribution is -0.174. The summed E-state index contributed by atoms with van der Waals surface area (Å²) in [7, 11) is 0. The largest absolute Gasteiger partial charge is 0.471 e. The number of carbonyl (C=O) groups is 3. The molecule has 0 unspecified atom stereocenters. The van der Waals surface area contributed by atoms with Crippen molar-refractivity contribution in [3.8, 4) is 0 Å². The fourth-order valence-corrected chi connectivity index (χ4v) is 2.61. The highest BCUT2D eigenvalue weighted by Gasteiger charge is 2.39. The lowest BCUT2D eigenvalue weighted by atomic mass is 10.1. The van der Waals surface area contributed by atoms with Crippen LogP contribution in [0.5, 0.6) is 0 Å². The topological polar surface area (TPSA) is 69.7 Å². The summed E-state index contributed by atoms with van der Waals surface area (Å²) in [4.78, 5) is 37.2. The second-order valence-electron chi connectivity index (χ2n) is 5.90. The third kappa shape index (κ3) is 5.14. The van der Waals surface area contributed by atoms with E-state index in [1.165, 1.54) is 11.4 Å². The number of amides is 3. The zero-order chi connectivity index (χ0) is 21.1. The molecule has 0 saturated carbocycles. The molecule has 0 spiro atoms. The van der Waals surface area contributed by atoms with Crippen molar-refractivity contribution in [3.63, 3.8) is 0 Å². The Morgan fingerprint density at radius 3 is 1.96 bits per heavy atom. The van der Waals surface area contributed by atoms with E-state index in [-0.39, 0.29) is 26.2 Å². The Hall–Kier alpha value is -2.79. The third-order valence-corrected chi connectivity index (χ3v) is 4.04. The van der Waals surface area contributed by atoms with Crippen LogP contribution in [0, 0.1) is 0 Å². The van der Waals surface area contributed by atoms with Gasteiger partial charge in [-0.1, -0.05) is 12.1 Å². The van der Waals surface area contributed by atoms with Gasteiger partial charge in [0.2, 0.25) is 5.91 Å². The number of hydrogen-bond acceptors (Lipinski definition) is 3. The Morgan fingerprint density at radius 1 is 0.893 bits per heavy atom. The summed E-state index contributed by atoms with van der Waals surface area (Å²) in [6, 6.07) is 4.29. The molecule has 1 aliphatic heterocycles. The molecule has 0 aliphatic carbocycles. The highest BCUT2D eigenvalue weighted by Crippen LogP contribution is 2.32. The van der Waals surface area contributed by atoms with Crippen LogP contribution in [-0.4, -0.2) is 66.4 Å². The van der Waals surface area contributed by atoms with Crippen molar-refractivity contribution in [1.29, 1.82) is 0 Å². The summed E-state index contributed by atoms with van der Waals surface area (Å²) >= 11 is 0. The first-order valence-corrected chi connectivity index (χ1v) is 7.99. The molecule has 12 heteroatoms. The number of hydrogen-bond donors (Lipinski definition) is 1. The molecule has 1 N–H and O–H groups in total. The van der Waals surface area contributed by atoms with Gasteiger partial charge in [-0.15, -0.1) is 0 Å². The predicted octanol–water partition coefficient (Wildman–Crippen LogP) is 1.67. The summed E-state index contributed by atoms with van der Waals surface area (Å²) < 4.78 is 75.4. The zero-order valence-electron chi connectivity index (χ0n) is 14.2. The van der Waals surface area contributed by atoms with Crippen LogP contribution in [0.3, 0.4) is 0 Å². The molecular weight excluding hydrogens is 396 g/mol. The van der Waals surface area contributed by atoms with E-state index in [9.17, 15) is 40.7 Å². The molecule has 0 radical (unpaired) electrons. The van der Waals surface area contributed by atoms with Crippen LogP contribution >= 0.6 is 0 Å². The molecule has 1 aliphatic rings. The first-order valence-electron chi connectivity index (χ1n) is 7.99. The van der Waals surface area contributed by atoms with Crippen LogP contribution in [0.4, 0.5) is 26.3 Å². The zero-order valence-corrected chi connectivity index (χ0v) is 14.2. The van der Waals surface area contributed by atoms with E-state index in [0.29, 0.717) is 0 Å². The molecule has 1 fully saturated rings. The van der Waals surface area contributed by atoms with E-state index >= 15 is 0 Å². The number of benzene rings is 1. The molecule has 1 aromatic rings. The molecule has 1 saturated heterocycles. The number of carbonyl (C=O) groups excluding carboxylic acids is 3. The number of nitrogens with one attached hydrogen (secondary N) is 1. The summed E-state index contributed by atoms with van der Waals surface area (Å²) in [6.45, 7) is -1.22. The standard InChI is InChI=1S/C16H15F6N3O3/c17-15(18,19)11-4-2-1-3-10(11)13(27)25-7-5-24(6-8-25)12(26)9-23-14(28)16(20,21)22/h1-4H,5-9H2,(H,23,28). The number of piperazine rings is 1. The molecule has 1 heterocycles. The summed E-state index contributed by atoms with van der Waals surface area (Å²) in [5.74, 6) is -3.90. The van der Waals surface area contributed by atoms with E-state index in [2.05, 4.69) is 0 Å². The quantitative estimate of drug-likeness (QED) is 0.770. The van der Waals surface area contributed by atoms with Crippen LogP contribution in [-0.2, 0) is 15.8 Å². The molecule has 0 bridgehead atoms. The molecule has 0 atom stereocenters. The van der Waals surface area contributed by atoms with E-state index in [4.69, 9.17) is 0 Å². The van der Waals surface area contributed by atoms with Crippen LogP contribution in [0.15, 0.2) is 24.3 Å². The lowest BCUT2D eigenvalue weighted by Crippen LogP contribution is -2.53. The van der Waals surface area contributed by atoms with Gasteiger partial charge >= 0.3 is 18.3 Å². The van der Waals surface area contributed by atoms with Crippen molar-refractivity contribution >= 4 is 17.7 Å². The van der Waals surface area contributed by atoms with Crippen molar-refractivity contribution in [2.24, 2.45) is 0 Å². The first-order chi connectivity index (χ1) is 12.9. The summed E-state index contributed by atoms with van der Waals surface area (Å²) in [5, 5.41) is 1.44. The maximum Gasteiger partial charge on any atom is 0.471 e. The van der Waals surface area contributed by atoms with Gasteiger partial charge in [-0.05, 0) is 12.1 Å². The monoisotopic (exact) mass is 411 g/mol. The second-order valence-corrected chi connectivity index (χ2v) is 5.90. The van der Waals surface area contributed by atoms with Gasteiger partial charge in [0.15, 0.2) is 0 Å². The number of halogens is 6. The minimum absolute atomic E-state index is 0.0827. The molecule has 1 aromatic carbocycles. The van der Waals surface area contributed by atoms with Gasteiger partial charge in [-0.3, -0.25) is 14.4 Å². The van der Waals surface area contributed by atoms with Crippen molar-refractivity contribution in [1.82, 2.24) is 15.1 Å². The van der Waals surface area contributed by atoms with E-state index in [1.54, 1.807) is 0 Å². The van der Waals surface area contributed by atoms with Crippen LogP contribution in [0.25, 0.3) is 0 Å². The van der Waals surface area contributed by atoms with Gasteiger partial charge < -0.3 is 15.1 Å². The van der Waals surface area contributed by atoms with Gasteiger partial charge in [-0.2, -0.15) is 26.3 Å².